The number of hydrogen-bond acceptors (Lipinski definition) is 5. The second kappa shape index (κ2) is 5.68. The van der Waals surface area contributed by atoms with Gasteiger partial charge < -0.3 is 14.8 Å². The van der Waals surface area contributed by atoms with E-state index in [0.717, 1.165) is 42.9 Å². The lowest BCUT2D eigenvalue weighted by molar-refractivity contribution is -0.138. The summed E-state index contributed by atoms with van der Waals surface area (Å²) in [4.78, 5) is 19.1. The number of nitrogens with zero attached hydrogens (tertiary/aromatic N) is 1. The van der Waals surface area contributed by atoms with Gasteiger partial charge in [-0.15, -0.1) is 0 Å². The van der Waals surface area contributed by atoms with Gasteiger partial charge in [-0.3, -0.25) is 9.63 Å². The number of nitrogens with one attached hydrogen (secondary N) is 1. The standard InChI is InChI=1S/C20H26N2O4/c1-4-15-12-8-18-20(9-16(21-15)13(12)10-26-18)14-6-5-11(24-2)7-17(14)22(25-3)19(20)23/h5-7,12-13,15-16,18,21H,4,8-10H2,1-3H3/t12-,13?,15-,16?,18+,20+/m1/s1. The van der Waals surface area contributed by atoms with Gasteiger partial charge in [-0.2, -0.15) is 5.06 Å². The highest BCUT2D eigenvalue weighted by Gasteiger charge is 2.64. The molecule has 1 aliphatic carbocycles. The van der Waals surface area contributed by atoms with Crippen molar-refractivity contribution >= 4 is 11.6 Å². The number of hydroxylamine groups is 1. The fourth-order valence-corrected chi connectivity index (χ4v) is 5.97. The van der Waals surface area contributed by atoms with Crippen LogP contribution in [0, 0.1) is 11.8 Å². The largest absolute Gasteiger partial charge is 0.497 e. The maximum atomic E-state index is 13.6. The van der Waals surface area contributed by atoms with Crippen molar-refractivity contribution in [3.63, 3.8) is 0 Å². The molecular weight excluding hydrogens is 332 g/mol. The number of carbonyl (C=O) groups excluding carboxylic acids is 1. The van der Waals surface area contributed by atoms with E-state index in [2.05, 4.69) is 12.2 Å². The Kier molecular flexibility index (Phi) is 3.61. The highest BCUT2D eigenvalue weighted by molar-refractivity contribution is 6.07. The first-order chi connectivity index (χ1) is 12.6. The van der Waals surface area contributed by atoms with Crippen molar-refractivity contribution < 1.29 is 19.1 Å². The van der Waals surface area contributed by atoms with Gasteiger partial charge in [0.2, 0.25) is 0 Å². The topological polar surface area (TPSA) is 60.0 Å². The summed E-state index contributed by atoms with van der Waals surface area (Å²) in [5, 5.41) is 5.25. The summed E-state index contributed by atoms with van der Waals surface area (Å²) in [6.07, 6.45) is 2.74. The third kappa shape index (κ3) is 1.90. The number of fused-ring (bicyclic) bond motifs is 2. The van der Waals surface area contributed by atoms with Crippen molar-refractivity contribution in [2.24, 2.45) is 11.8 Å². The Morgan fingerprint density at radius 3 is 2.92 bits per heavy atom. The number of anilines is 1. The molecule has 4 heterocycles. The van der Waals surface area contributed by atoms with Crippen molar-refractivity contribution in [2.45, 2.75) is 49.8 Å². The van der Waals surface area contributed by atoms with E-state index < -0.39 is 5.41 Å². The lowest BCUT2D eigenvalue weighted by Crippen LogP contribution is -2.53. The zero-order valence-corrected chi connectivity index (χ0v) is 15.5. The molecule has 4 fully saturated rings. The zero-order chi connectivity index (χ0) is 18.1. The van der Waals surface area contributed by atoms with Gasteiger partial charge in [-0.1, -0.05) is 13.0 Å². The molecule has 3 saturated heterocycles. The molecule has 4 bridgehead atoms. The number of benzene rings is 1. The molecule has 6 nitrogen and oxygen atoms in total. The molecule has 1 aromatic carbocycles. The lowest BCUT2D eigenvalue weighted by atomic mass is 9.71. The Balaban J connectivity index is 1.65. The molecule has 2 unspecified atom stereocenters. The van der Waals surface area contributed by atoms with Crippen LogP contribution in [0.25, 0.3) is 0 Å². The van der Waals surface area contributed by atoms with Crippen LogP contribution in [0.15, 0.2) is 18.2 Å². The predicted molar refractivity (Wildman–Crippen MR) is 96.1 cm³/mol. The van der Waals surface area contributed by atoms with Crippen molar-refractivity contribution in [1.29, 1.82) is 0 Å². The summed E-state index contributed by atoms with van der Waals surface area (Å²) < 4.78 is 11.7. The van der Waals surface area contributed by atoms with Crippen LogP contribution in [-0.2, 0) is 19.8 Å². The molecule has 1 saturated carbocycles. The van der Waals surface area contributed by atoms with E-state index in [9.17, 15) is 4.79 Å². The monoisotopic (exact) mass is 358 g/mol. The normalized spacial score (nSPS) is 40.2. The van der Waals surface area contributed by atoms with Crippen LogP contribution in [-0.4, -0.2) is 44.9 Å². The minimum Gasteiger partial charge on any atom is -0.497 e. The van der Waals surface area contributed by atoms with Crippen LogP contribution in [0.4, 0.5) is 5.69 Å². The van der Waals surface area contributed by atoms with E-state index >= 15 is 0 Å². The van der Waals surface area contributed by atoms with E-state index in [0.29, 0.717) is 23.9 Å². The summed E-state index contributed by atoms with van der Waals surface area (Å²) in [6, 6.07) is 6.71. The van der Waals surface area contributed by atoms with Crippen molar-refractivity contribution in [2.75, 3.05) is 25.9 Å². The summed E-state index contributed by atoms with van der Waals surface area (Å²) in [7, 11) is 3.18. The molecule has 0 aromatic heterocycles. The Bertz CT molecular complexity index is 753. The average molecular weight is 358 g/mol. The Morgan fingerprint density at radius 2 is 2.19 bits per heavy atom. The van der Waals surface area contributed by atoms with Gasteiger partial charge in [0, 0.05) is 24.1 Å². The van der Waals surface area contributed by atoms with Crippen LogP contribution in [0.1, 0.15) is 31.7 Å². The predicted octanol–water partition coefficient (Wildman–Crippen LogP) is 2.02. The quantitative estimate of drug-likeness (QED) is 0.896. The van der Waals surface area contributed by atoms with E-state index in [1.54, 1.807) is 14.2 Å². The number of hydrogen-bond donors (Lipinski definition) is 1. The van der Waals surface area contributed by atoms with Crippen molar-refractivity contribution in [3.8, 4) is 5.75 Å². The Hall–Kier alpha value is -1.63. The zero-order valence-electron chi connectivity index (χ0n) is 15.5. The van der Waals surface area contributed by atoms with Gasteiger partial charge in [0.15, 0.2) is 0 Å². The first kappa shape index (κ1) is 16.5. The van der Waals surface area contributed by atoms with E-state index in [1.165, 1.54) is 5.06 Å². The van der Waals surface area contributed by atoms with Gasteiger partial charge in [-0.05, 0) is 36.8 Å². The fraction of sp³-hybridized carbons (Fsp3) is 0.650. The average Bonchev–Trinajstić information content (AvgIpc) is 3.01. The molecule has 4 aliphatic heterocycles. The first-order valence-corrected chi connectivity index (χ1v) is 9.58. The van der Waals surface area contributed by atoms with Gasteiger partial charge >= 0.3 is 0 Å². The third-order valence-corrected chi connectivity index (χ3v) is 7.17. The van der Waals surface area contributed by atoms with Crippen molar-refractivity contribution in [3.05, 3.63) is 23.8 Å². The smallest absolute Gasteiger partial charge is 0.264 e. The molecule has 26 heavy (non-hydrogen) atoms. The first-order valence-electron chi connectivity index (χ1n) is 9.58. The van der Waals surface area contributed by atoms with Gasteiger partial charge in [0.05, 0.1) is 32.6 Å². The number of methoxy groups -OCH3 is 1. The highest BCUT2D eigenvalue weighted by Crippen LogP contribution is 2.57. The van der Waals surface area contributed by atoms with E-state index in [1.807, 2.05) is 18.2 Å². The number of amides is 1. The summed E-state index contributed by atoms with van der Waals surface area (Å²) in [5.41, 5.74) is 1.13. The summed E-state index contributed by atoms with van der Waals surface area (Å²) in [5.74, 6) is 1.81. The number of carbonyl (C=O) groups is 1. The van der Waals surface area contributed by atoms with Crippen LogP contribution >= 0.6 is 0 Å². The minimum atomic E-state index is -0.669. The SMILES string of the molecule is CC[C@H]1NC2C[C@@]3(C(=O)N(OC)c4cc(OC)ccc43)[C@@H]3C[C@@H]1C2CO3. The molecule has 1 amide bonds. The molecule has 5 aliphatic rings. The minimum absolute atomic E-state index is 0.00342. The molecule has 1 spiro atoms. The van der Waals surface area contributed by atoms with E-state index in [4.69, 9.17) is 14.3 Å². The molecule has 1 N–H and O–H groups in total. The van der Waals surface area contributed by atoms with Gasteiger partial charge in [0.25, 0.3) is 5.91 Å². The highest BCUT2D eigenvalue weighted by atomic mass is 16.7. The number of ether oxygens (including phenoxy) is 2. The number of rotatable bonds is 3. The molecule has 6 rings (SSSR count). The molecule has 140 valence electrons. The van der Waals surface area contributed by atoms with Crippen LogP contribution in [0.5, 0.6) is 5.75 Å². The molecule has 6 atom stereocenters. The van der Waals surface area contributed by atoms with Crippen molar-refractivity contribution in [1.82, 2.24) is 5.32 Å². The second-order valence-corrected chi connectivity index (χ2v) is 8.01. The molecular formula is C20H26N2O4. The second-order valence-electron chi connectivity index (χ2n) is 8.01. The van der Waals surface area contributed by atoms with E-state index in [-0.39, 0.29) is 12.0 Å². The van der Waals surface area contributed by atoms with Crippen LogP contribution < -0.4 is 15.1 Å². The lowest BCUT2D eigenvalue weighted by Gasteiger charge is -2.40. The Labute approximate surface area is 153 Å². The molecule has 6 heteroatoms. The fourth-order valence-electron chi connectivity index (χ4n) is 5.97. The summed E-state index contributed by atoms with van der Waals surface area (Å²) in [6.45, 7) is 2.99. The van der Waals surface area contributed by atoms with Crippen LogP contribution in [0.3, 0.4) is 0 Å². The maximum Gasteiger partial charge on any atom is 0.264 e. The van der Waals surface area contributed by atoms with Gasteiger partial charge in [0.1, 0.15) is 11.2 Å². The third-order valence-electron chi connectivity index (χ3n) is 7.17. The molecule has 0 radical (unpaired) electrons. The van der Waals surface area contributed by atoms with Gasteiger partial charge in [-0.25, -0.2) is 0 Å². The Morgan fingerprint density at radius 1 is 1.35 bits per heavy atom. The maximum absolute atomic E-state index is 13.6. The summed E-state index contributed by atoms with van der Waals surface area (Å²) >= 11 is 0. The van der Waals surface area contributed by atoms with Crippen LogP contribution in [0.2, 0.25) is 0 Å². The molecule has 1 aromatic rings.